The summed E-state index contributed by atoms with van der Waals surface area (Å²) in [7, 11) is 0. The lowest BCUT2D eigenvalue weighted by Gasteiger charge is -2.10. The lowest BCUT2D eigenvalue weighted by Crippen LogP contribution is -2.22. The standard InChI is InChI=1S/C12H23N3/c1-5-6-11(4)15-8-7-12(14-15)9-13-10(2)3/h7-8,10-11,13H,5-6,9H2,1-4H3. The van der Waals surface area contributed by atoms with Crippen molar-refractivity contribution < 1.29 is 0 Å². The molecule has 0 saturated heterocycles. The van der Waals surface area contributed by atoms with E-state index in [1.54, 1.807) is 0 Å². The molecule has 0 saturated carbocycles. The van der Waals surface area contributed by atoms with Gasteiger partial charge in [-0.2, -0.15) is 5.10 Å². The van der Waals surface area contributed by atoms with Gasteiger partial charge in [0.1, 0.15) is 0 Å². The van der Waals surface area contributed by atoms with Crippen LogP contribution in [0.4, 0.5) is 0 Å². The van der Waals surface area contributed by atoms with Gasteiger partial charge in [0.2, 0.25) is 0 Å². The molecule has 1 aromatic rings. The molecular weight excluding hydrogens is 186 g/mol. The quantitative estimate of drug-likeness (QED) is 0.780. The summed E-state index contributed by atoms with van der Waals surface area (Å²) in [5.41, 5.74) is 1.13. The highest BCUT2D eigenvalue weighted by molar-refractivity contribution is 4.99. The predicted molar refractivity (Wildman–Crippen MR) is 63.8 cm³/mol. The van der Waals surface area contributed by atoms with Crippen LogP contribution >= 0.6 is 0 Å². The maximum Gasteiger partial charge on any atom is 0.0762 e. The van der Waals surface area contributed by atoms with E-state index < -0.39 is 0 Å². The lowest BCUT2D eigenvalue weighted by molar-refractivity contribution is 0.448. The second-order valence-electron chi connectivity index (χ2n) is 4.46. The van der Waals surface area contributed by atoms with Crippen molar-refractivity contribution >= 4 is 0 Å². The monoisotopic (exact) mass is 209 g/mol. The Morgan fingerprint density at radius 1 is 1.40 bits per heavy atom. The molecule has 1 unspecified atom stereocenters. The molecule has 0 aliphatic rings. The maximum absolute atomic E-state index is 4.55. The van der Waals surface area contributed by atoms with E-state index in [1.807, 2.05) is 0 Å². The molecule has 1 N–H and O–H groups in total. The van der Waals surface area contributed by atoms with E-state index in [-0.39, 0.29) is 0 Å². The Balaban J connectivity index is 2.48. The molecule has 0 radical (unpaired) electrons. The van der Waals surface area contributed by atoms with Crippen molar-refractivity contribution in [2.45, 2.75) is 59.2 Å². The first-order chi connectivity index (χ1) is 7.13. The predicted octanol–water partition coefficient (Wildman–Crippen LogP) is 2.74. The molecule has 0 amide bonds. The first-order valence-corrected chi connectivity index (χ1v) is 5.91. The van der Waals surface area contributed by atoms with Gasteiger partial charge in [0.05, 0.1) is 5.69 Å². The van der Waals surface area contributed by atoms with Crippen LogP contribution in [0.15, 0.2) is 12.3 Å². The van der Waals surface area contributed by atoms with Crippen LogP contribution in [0.25, 0.3) is 0 Å². The van der Waals surface area contributed by atoms with E-state index in [0.717, 1.165) is 12.2 Å². The molecule has 0 bridgehead atoms. The summed E-state index contributed by atoms with van der Waals surface area (Å²) < 4.78 is 2.07. The molecule has 1 rings (SSSR count). The van der Waals surface area contributed by atoms with Gasteiger partial charge in [-0.15, -0.1) is 0 Å². The van der Waals surface area contributed by atoms with Crippen LogP contribution in [0, 0.1) is 0 Å². The SMILES string of the molecule is CCCC(C)n1ccc(CNC(C)C)n1. The van der Waals surface area contributed by atoms with Gasteiger partial charge in [0.25, 0.3) is 0 Å². The van der Waals surface area contributed by atoms with Gasteiger partial charge < -0.3 is 5.32 Å². The van der Waals surface area contributed by atoms with Gasteiger partial charge in [-0.3, -0.25) is 4.68 Å². The van der Waals surface area contributed by atoms with Crippen LogP contribution in [-0.4, -0.2) is 15.8 Å². The van der Waals surface area contributed by atoms with Crippen LogP contribution in [0.2, 0.25) is 0 Å². The van der Waals surface area contributed by atoms with Crippen LogP contribution in [0.3, 0.4) is 0 Å². The smallest absolute Gasteiger partial charge is 0.0762 e. The summed E-state index contributed by atoms with van der Waals surface area (Å²) in [6.45, 7) is 9.59. The molecule has 86 valence electrons. The number of rotatable bonds is 6. The Morgan fingerprint density at radius 3 is 2.73 bits per heavy atom. The van der Waals surface area contributed by atoms with Gasteiger partial charge in [0.15, 0.2) is 0 Å². The zero-order valence-corrected chi connectivity index (χ0v) is 10.3. The third-order valence-electron chi connectivity index (χ3n) is 2.51. The summed E-state index contributed by atoms with van der Waals surface area (Å²) in [6, 6.07) is 3.13. The van der Waals surface area contributed by atoms with Crippen LogP contribution in [0.1, 0.15) is 52.3 Å². The van der Waals surface area contributed by atoms with Crippen molar-refractivity contribution in [3.05, 3.63) is 18.0 Å². The lowest BCUT2D eigenvalue weighted by atomic mass is 10.2. The molecule has 3 heteroatoms. The third kappa shape index (κ3) is 4.04. The zero-order valence-electron chi connectivity index (χ0n) is 10.3. The Labute approximate surface area is 92.9 Å². The minimum Gasteiger partial charge on any atom is -0.309 e. The second kappa shape index (κ2) is 5.91. The van der Waals surface area contributed by atoms with Crippen molar-refractivity contribution in [3.8, 4) is 0 Å². The average molecular weight is 209 g/mol. The van der Waals surface area contributed by atoms with Gasteiger partial charge in [0, 0.05) is 24.8 Å². The average Bonchev–Trinajstić information content (AvgIpc) is 2.63. The Bertz CT molecular complexity index is 278. The fraction of sp³-hybridized carbons (Fsp3) is 0.750. The van der Waals surface area contributed by atoms with Crippen molar-refractivity contribution in [1.82, 2.24) is 15.1 Å². The summed E-state index contributed by atoms with van der Waals surface area (Å²) in [5, 5.41) is 7.93. The summed E-state index contributed by atoms with van der Waals surface area (Å²) >= 11 is 0. The first kappa shape index (κ1) is 12.2. The molecule has 0 spiro atoms. The Kier molecular flexibility index (Phi) is 4.82. The molecule has 1 aromatic heterocycles. The number of nitrogens with one attached hydrogen (secondary N) is 1. The van der Waals surface area contributed by atoms with Gasteiger partial charge >= 0.3 is 0 Å². The van der Waals surface area contributed by atoms with Crippen molar-refractivity contribution in [2.24, 2.45) is 0 Å². The van der Waals surface area contributed by atoms with Crippen molar-refractivity contribution in [3.63, 3.8) is 0 Å². The van der Waals surface area contributed by atoms with E-state index in [9.17, 15) is 0 Å². The molecule has 15 heavy (non-hydrogen) atoms. The van der Waals surface area contributed by atoms with Gasteiger partial charge in [-0.25, -0.2) is 0 Å². The maximum atomic E-state index is 4.55. The molecule has 0 fully saturated rings. The number of hydrogen-bond donors (Lipinski definition) is 1. The molecule has 0 aliphatic heterocycles. The van der Waals surface area contributed by atoms with E-state index in [4.69, 9.17) is 0 Å². The highest BCUT2D eigenvalue weighted by atomic mass is 15.3. The fourth-order valence-electron chi connectivity index (χ4n) is 1.58. The highest BCUT2D eigenvalue weighted by Gasteiger charge is 2.05. The topological polar surface area (TPSA) is 29.9 Å². The summed E-state index contributed by atoms with van der Waals surface area (Å²) in [6.07, 6.45) is 4.48. The largest absolute Gasteiger partial charge is 0.309 e. The first-order valence-electron chi connectivity index (χ1n) is 5.91. The van der Waals surface area contributed by atoms with Crippen molar-refractivity contribution in [1.29, 1.82) is 0 Å². The number of aromatic nitrogens is 2. The Morgan fingerprint density at radius 2 is 2.13 bits per heavy atom. The summed E-state index contributed by atoms with van der Waals surface area (Å²) in [4.78, 5) is 0. The molecule has 0 aromatic carbocycles. The van der Waals surface area contributed by atoms with E-state index in [0.29, 0.717) is 12.1 Å². The van der Waals surface area contributed by atoms with Gasteiger partial charge in [-0.05, 0) is 19.4 Å². The Hall–Kier alpha value is -0.830. The molecular formula is C12H23N3. The molecule has 1 atom stereocenters. The highest BCUT2D eigenvalue weighted by Crippen LogP contribution is 2.11. The summed E-state index contributed by atoms with van der Waals surface area (Å²) in [5.74, 6) is 0. The van der Waals surface area contributed by atoms with Gasteiger partial charge in [-0.1, -0.05) is 27.2 Å². The van der Waals surface area contributed by atoms with Crippen LogP contribution in [0.5, 0.6) is 0 Å². The normalized spacial score (nSPS) is 13.4. The zero-order chi connectivity index (χ0) is 11.3. The van der Waals surface area contributed by atoms with E-state index in [1.165, 1.54) is 12.8 Å². The number of nitrogens with zero attached hydrogens (tertiary/aromatic N) is 2. The minimum absolute atomic E-state index is 0.516. The van der Waals surface area contributed by atoms with Crippen LogP contribution < -0.4 is 5.32 Å². The van der Waals surface area contributed by atoms with E-state index >= 15 is 0 Å². The third-order valence-corrected chi connectivity index (χ3v) is 2.51. The number of hydrogen-bond acceptors (Lipinski definition) is 2. The molecule has 0 aliphatic carbocycles. The van der Waals surface area contributed by atoms with Crippen LogP contribution in [-0.2, 0) is 6.54 Å². The van der Waals surface area contributed by atoms with Crippen molar-refractivity contribution in [2.75, 3.05) is 0 Å². The van der Waals surface area contributed by atoms with E-state index in [2.05, 4.69) is 55.1 Å². The molecule has 3 nitrogen and oxygen atoms in total. The molecule has 1 heterocycles. The second-order valence-corrected chi connectivity index (χ2v) is 4.46. The minimum atomic E-state index is 0.516. The fourth-order valence-corrected chi connectivity index (χ4v) is 1.58.